The number of rotatable bonds is 5. The maximum absolute atomic E-state index is 5.45. The number of fused-ring (bicyclic) bond motifs is 2. The highest BCUT2D eigenvalue weighted by Gasteiger charge is 2.12. The van der Waals surface area contributed by atoms with Crippen LogP contribution in [0.5, 0.6) is 11.5 Å². The number of methoxy groups -OCH3 is 2. The van der Waals surface area contributed by atoms with Crippen molar-refractivity contribution >= 4 is 53.9 Å². The summed E-state index contributed by atoms with van der Waals surface area (Å²) in [6.07, 6.45) is 0. The van der Waals surface area contributed by atoms with Gasteiger partial charge in [0.1, 0.15) is 22.0 Å². The Morgan fingerprint density at radius 3 is 2.41 bits per heavy atom. The monoisotopic (exact) mass is 419 g/mol. The quantitative estimate of drug-likeness (QED) is 0.360. The van der Waals surface area contributed by atoms with Crippen LogP contribution in [0.15, 0.2) is 60.7 Å². The molecule has 5 nitrogen and oxygen atoms in total. The largest absolute Gasteiger partial charge is 0.497 e. The Balaban J connectivity index is 1.42. The van der Waals surface area contributed by atoms with Crippen LogP contribution in [0.25, 0.3) is 31.0 Å². The molecule has 29 heavy (non-hydrogen) atoms. The Morgan fingerprint density at radius 2 is 1.66 bits per heavy atom. The van der Waals surface area contributed by atoms with E-state index < -0.39 is 0 Å². The van der Waals surface area contributed by atoms with Crippen molar-refractivity contribution in [1.82, 2.24) is 9.97 Å². The highest BCUT2D eigenvalue weighted by Crippen LogP contribution is 2.37. The summed E-state index contributed by atoms with van der Waals surface area (Å²) in [5.41, 5.74) is 3.94. The van der Waals surface area contributed by atoms with Crippen LogP contribution in [-0.2, 0) is 0 Å². The smallest absolute Gasteiger partial charge is 0.188 e. The number of para-hydroxylation sites is 1. The summed E-state index contributed by atoms with van der Waals surface area (Å²) in [5, 5.41) is 5.21. The number of anilines is 2. The van der Waals surface area contributed by atoms with Crippen LogP contribution in [0.2, 0.25) is 0 Å². The number of ether oxygens (including phenoxy) is 2. The van der Waals surface area contributed by atoms with Crippen LogP contribution < -0.4 is 14.8 Å². The van der Waals surface area contributed by atoms with Crippen LogP contribution in [0, 0.1) is 0 Å². The fourth-order valence-electron chi connectivity index (χ4n) is 3.12. The van der Waals surface area contributed by atoms with Gasteiger partial charge < -0.3 is 14.8 Å². The van der Waals surface area contributed by atoms with Crippen molar-refractivity contribution in [3.8, 4) is 22.1 Å². The number of hydrogen-bond acceptors (Lipinski definition) is 7. The predicted octanol–water partition coefficient (Wildman–Crippen LogP) is 6.33. The molecule has 0 amide bonds. The summed E-state index contributed by atoms with van der Waals surface area (Å²) in [6.45, 7) is 0. The molecule has 7 heteroatoms. The Labute approximate surface area is 175 Å². The molecule has 0 radical (unpaired) electrons. The van der Waals surface area contributed by atoms with E-state index in [-0.39, 0.29) is 0 Å². The summed E-state index contributed by atoms with van der Waals surface area (Å²) < 4.78 is 13.0. The van der Waals surface area contributed by atoms with Gasteiger partial charge in [-0.15, -0.1) is 11.3 Å². The first-order chi connectivity index (χ1) is 14.2. The van der Waals surface area contributed by atoms with Crippen LogP contribution in [0.3, 0.4) is 0 Å². The van der Waals surface area contributed by atoms with Gasteiger partial charge in [0.2, 0.25) is 0 Å². The third kappa shape index (κ3) is 3.39. The lowest BCUT2D eigenvalue weighted by molar-refractivity contribution is 0.397. The van der Waals surface area contributed by atoms with Crippen LogP contribution >= 0.6 is 22.7 Å². The molecular weight excluding hydrogens is 402 g/mol. The van der Waals surface area contributed by atoms with Crippen molar-refractivity contribution in [2.75, 3.05) is 19.5 Å². The molecule has 144 valence electrons. The van der Waals surface area contributed by atoms with E-state index in [1.54, 1.807) is 36.9 Å². The lowest BCUT2D eigenvalue weighted by Crippen LogP contribution is -1.90. The van der Waals surface area contributed by atoms with Gasteiger partial charge in [-0.05, 0) is 42.5 Å². The molecule has 0 atom stereocenters. The molecule has 5 aromatic rings. The molecule has 0 aliphatic carbocycles. The van der Waals surface area contributed by atoms with E-state index in [1.165, 1.54) is 4.70 Å². The molecule has 2 aromatic heterocycles. The molecule has 0 fully saturated rings. The van der Waals surface area contributed by atoms with Gasteiger partial charge in [-0.2, -0.15) is 0 Å². The highest BCUT2D eigenvalue weighted by molar-refractivity contribution is 7.22. The predicted molar refractivity (Wildman–Crippen MR) is 121 cm³/mol. The normalized spacial score (nSPS) is 11.1. The van der Waals surface area contributed by atoms with E-state index in [2.05, 4.69) is 28.5 Å². The second-order valence-corrected chi connectivity index (χ2v) is 8.45. The second-order valence-electron chi connectivity index (χ2n) is 6.38. The molecule has 5 rings (SSSR count). The number of benzene rings is 3. The minimum Gasteiger partial charge on any atom is -0.497 e. The zero-order valence-corrected chi connectivity index (χ0v) is 17.4. The van der Waals surface area contributed by atoms with E-state index in [0.717, 1.165) is 42.9 Å². The molecule has 2 heterocycles. The minimum atomic E-state index is 0.704. The fourth-order valence-corrected chi connectivity index (χ4v) is 5.02. The number of nitrogens with zero attached hydrogens (tertiary/aromatic N) is 2. The van der Waals surface area contributed by atoms with Gasteiger partial charge in [0.15, 0.2) is 5.13 Å². The van der Waals surface area contributed by atoms with Crippen molar-refractivity contribution < 1.29 is 9.47 Å². The molecule has 0 saturated carbocycles. The van der Waals surface area contributed by atoms with Gasteiger partial charge >= 0.3 is 0 Å². The molecule has 1 N–H and O–H groups in total. The van der Waals surface area contributed by atoms with Gasteiger partial charge in [0.25, 0.3) is 0 Å². The Hall–Kier alpha value is -3.16. The first-order valence-corrected chi connectivity index (χ1v) is 10.6. The van der Waals surface area contributed by atoms with Crippen molar-refractivity contribution in [2.24, 2.45) is 0 Å². The lowest BCUT2D eigenvalue weighted by atomic mass is 10.2. The summed E-state index contributed by atoms with van der Waals surface area (Å²) in [4.78, 5) is 9.40. The standard InChI is InChI=1S/C22H17N3O2S2/c1-26-15-11-17(27-2)20-19(12-15)29-22(25-20)23-14-9-7-13(8-10-14)21-24-16-5-3-4-6-18(16)28-21/h3-12H,1-2H3,(H,23,25). The number of thiazole rings is 2. The molecule has 3 aromatic carbocycles. The van der Waals surface area contributed by atoms with E-state index in [9.17, 15) is 0 Å². The Morgan fingerprint density at radius 1 is 0.828 bits per heavy atom. The first-order valence-electron chi connectivity index (χ1n) is 8.99. The number of hydrogen-bond donors (Lipinski definition) is 1. The molecular formula is C22H17N3O2S2. The highest BCUT2D eigenvalue weighted by atomic mass is 32.1. The molecule has 0 aliphatic heterocycles. The lowest BCUT2D eigenvalue weighted by Gasteiger charge is -2.04. The number of aromatic nitrogens is 2. The van der Waals surface area contributed by atoms with E-state index >= 15 is 0 Å². The van der Waals surface area contributed by atoms with Gasteiger partial charge in [-0.1, -0.05) is 23.5 Å². The van der Waals surface area contributed by atoms with Crippen molar-refractivity contribution in [3.05, 3.63) is 60.7 Å². The average Bonchev–Trinajstić information content (AvgIpc) is 3.37. The van der Waals surface area contributed by atoms with E-state index in [1.807, 2.05) is 42.5 Å². The zero-order chi connectivity index (χ0) is 19.8. The third-order valence-corrected chi connectivity index (χ3v) is 6.57. The Kier molecular flexibility index (Phi) is 4.54. The summed E-state index contributed by atoms with van der Waals surface area (Å²) in [7, 11) is 3.29. The van der Waals surface area contributed by atoms with Crippen LogP contribution in [0.4, 0.5) is 10.8 Å². The summed E-state index contributed by atoms with van der Waals surface area (Å²) in [6, 6.07) is 20.3. The molecule has 0 bridgehead atoms. The van der Waals surface area contributed by atoms with Crippen molar-refractivity contribution in [1.29, 1.82) is 0 Å². The third-order valence-electron chi connectivity index (χ3n) is 4.57. The first kappa shape index (κ1) is 17.9. The van der Waals surface area contributed by atoms with Gasteiger partial charge in [0, 0.05) is 17.3 Å². The fraction of sp³-hybridized carbons (Fsp3) is 0.0909. The maximum atomic E-state index is 5.45. The van der Waals surface area contributed by atoms with Crippen molar-refractivity contribution in [2.45, 2.75) is 0 Å². The van der Waals surface area contributed by atoms with Gasteiger partial charge in [-0.3, -0.25) is 0 Å². The summed E-state index contributed by atoms with van der Waals surface area (Å²) in [5.74, 6) is 1.46. The SMILES string of the molecule is COc1cc(OC)c2nc(Nc3ccc(-c4nc5ccccc5s4)cc3)sc2c1. The van der Waals surface area contributed by atoms with E-state index in [0.29, 0.717) is 5.75 Å². The maximum Gasteiger partial charge on any atom is 0.188 e. The van der Waals surface area contributed by atoms with Gasteiger partial charge in [0.05, 0.1) is 29.1 Å². The summed E-state index contributed by atoms with van der Waals surface area (Å²) >= 11 is 3.27. The molecule has 0 spiro atoms. The van der Waals surface area contributed by atoms with Crippen LogP contribution in [0.1, 0.15) is 0 Å². The second kappa shape index (κ2) is 7.35. The molecule has 0 saturated heterocycles. The molecule has 0 aliphatic rings. The Bertz CT molecular complexity index is 1280. The van der Waals surface area contributed by atoms with E-state index in [4.69, 9.17) is 14.5 Å². The minimum absolute atomic E-state index is 0.704. The van der Waals surface area contributed by atoms with Crippen LogP contribution in [-0.4, -0.2) is 24.2 Å². The average molecular weight is 420 g/mol. The number of nitrogens with one attached hydrogen (secondary N) is 1. The van der Waals surface area contributed by atoms with Crippen molar-refractivity contribution in [3.63, 3.8) is 0 Å². The van der Waals surface area contributed by atoms with Gasteiger partial charge in [-0.25, -0.2) is 9.97 Å². The molecule has 0 unspecified atom stereocenters. The zero-order valence-electron chi connectivity index (χ0n) is 15.8. The topological polar surface area (TPSA) is 56.3 Å².